The van der Waals surface area contributed by atoms with Crippen molar-refractivity contribution in [1.82, 2.24) is 0 Å². The Morgan fingerprint density at radius 1 is 0.923 bits per heavy atom. The average molecular weight is 352 g/mol. The number of carbonyl (C=O) groups is 2. The molecule has 0 amide bonds. The van der Waals surface area contributed by atoms with Crippen molar-refractivity contribution in [2.45, 2.75) is 32.3 Å². The van der Waals surface area contributed by atoms with Gasteiger partial charge in [-0.25, -0.2) is 9.59 Å². The number of ether oxygens (including phenoxy) is 3. The lowest BCUT2D eigenvalue weighted by Gasteiger charge is -2.30. The van der Waals surface area contributed by atoms with Gasteiger partial charge in [0.15, 0.2) is 0 Å². The summed E-state index contributed by atoms with van der Waals surface area (Å²) < 4.78 is 16.3. The summed E-state index contributed by atoms with van der Waals surface area (Å²) in [6, 6.07) is 19.0. The van der Waals surface area contributed by atoms with Gasteiger partial charge in [0, 0.05) is 13.8 Å². The third-order valence-electron chi connectivity index (χ3n) is 3.84. The first kappa shape index (κ1) is 17.9. The van der Waals surface area contributed by atoms with Crippen molar-refractivity contribution in [2.75, 3.05) is 0 Å². The molecule has 0 saturated carbocycles. The molecule has 0 unspecified atom stereocenters. The standard InChI is InChI=1S/C21H20O5/c1-21(2)25-19(22)17(20(23)26-21)13-18(16-11-7-4-8-12-16)24-14-15-9-5-3-6-10-15/h3-13,18H,14H2,1-2H3/t18-/m1/s1. The summed E-state index contributed by atoms with van der Waals surface area (Å²) in [5.74, 6) is -2.69. The molecule has 134 valence electrons. The van der Waals surface area contributed by atoms with Gasteiger partial charge in [-0.2, -0.15) is 0 Å². The van der Waals surface area contributed by atoms with Crippen molar-refractivity contribution < 1.29 is 23.8 Å². The number of cyclic esters (lactones) is 2. The fourth-order valence-corrected chi connectivity index (χ4v) is 2.59. The second-order valence-corrected chi connectivity index (χ2v) is 6.39. The minimum Gasteiger partial charge on any atom is -0.419 e. The van der Waals surface area contributed by atoms with E-state index in [4.69, 9.17) is 14.2 Å². The fraction of sp³-hybridized carbons (Fsp3) is 0.238. The highest BCUT2D eigenvalue weighted by Gasteiger charge is 2.39. The molecule has 1 heterocycles. The summed E-state index contributed by atoms with van der Waals surface area (Å²) in [5.41, 5.74) is 1.65. The van der Waals surface area contributed by atoms with Crippen LogP contribution in [0.15, 0.2) is 72.3 Å². The van der Waals surface area contributed by atoms with Gasteiger partial charge in [0.2, 0.25) is 0 Å². The van der Waals surface area contributed by atoms with Crippen LogP contribution in [-0.2, 0) is 30.4 Å². The smallest absolute Gasteiger partial charge is 0.348 e. The molecule has 2 aromatic carbocycles. The SMILES string of the molecule is CC1(C)OC(=O)C(=C[C@@H](OCc2ccccc2)c2ccccc2)C(=O)O1. The lowest BCUT2D eigenvalue weighted by molar-refractivity contribution is -0.222. The molecule has 0 bridgehead atoms. The first-order valence-corrected chi connectivity index (χ1v) is 8.33. The van der Waals surface area contributed by atoms with Crippen LogP contribution in [0, 0.1) is 0 Å². The summed E-state index contributed by atoms with van der Waals surface area (Å²) >= 11 is 0. The van der Waals surface area contributed by atoms with Gasteiger partial charge in [0.25, 0.3) is 5.79 Å². The lowest BCUT2D eigenvalue weighted by Crippen LogP contribution is -2.42. The van der Waals surface area contributed by atoms with E-state index in [0.717, 1.165) is 11.1 Å². The zero-order valence-corrected chi connectivity index (χ0v) is 14.7. The Bertz CT molecular complexity index is 787. The Labute approximate surface area is 152 Å². The van der Waals surface area contributed by atoms with Crippen LogP contribution in [0.25, 0.3) is 0 Å². The van der Waals surface area contributed by atoms with Crippen LogP contribution >= 0.6 is 0 Å². The molecule has 0 spiro atoms. The van der Waals surface area contributed by atoms with Gasteiger partial charge in [0.1, 0.15) is 11.7 Å². The maximum Gasteiger partial charge on any atom is 0.348 e. The van der Waals surface area contributed by atoms with E-state index in [1.54, 1.807) is 0 Å². The normalized spacial score (nSPS) is 17.2. The van der Waals surface area contributed by atoms with Crippen molar-refractivity contribution in [3.63, 3.8) is 0 Å². The van der Waals surface area contributed by atoms with Crippen molar-refractivity contribution in [2.24, 2.45) is 0 Å². The van der Waals surface area contributed by atoms with Crippen LogP contribution in [0.4, 0.5) is 0 Å². The summed E-state index contributed by atoms with van der Waals surface area (Å²) in [7, 11) is 0. The molecule has 1 aliphatic heterocycles. The number of rotatable bonds is 5. The number of esters is 2. The summed E-state index contributed by atoms with van der Waals surface area (Å²) in [6.45, 7) is 3.36. The van der Waals surface area contributed by atoms with E-state index in [-0.39, 0.29) is 5.57 Å². The van der Waals surface area contributed by atoms with Gasteiger partial charge in [0.05, 0.1) is 6.61 Å². The first-order chi connectivity index (χ1) is 12.4. The predicted octanol–water partition coefficient (Wildman–Crippen LogP) is 3.71. The van der Waals surface area contributed by atoms with Crippen LogP contribution in [0.2, 0.25) is 0 Å². The van der Waals surface area contributed by atoms with Crippen LogP contribution < -0.4 is 0 Å². The Hall–Kier alpha value is -2.92. The summed E-state index contributed by atoms with van der Waals surface area (Å²) in [5, 5.41) is 0. The first-order valence-electron chi connectivity index (χ1n) is 8.33. The predicted molar refractivity (Wildman–Crippen MR) is 94.8 cm³/mol. The van der Waals surface area contributed by atoms with Crippen LogP contribution in [0.5, 0.6) is 0 Å². The van der Waals surface area contributed by atoms with Crippen molar-refractivity contribution >= 4 is 11.9 Å². The molecule has 3 rings (SSSR count). The highest BCUT2D eigenvalue weighted by Crippen LogP contribution is 2.27. The number of carbonyl (C=O) groups excluding carboxylic acids is 2. The molecule has 5 nitrogen and oxygen atoms in total. The zero-order valence-electron chi connectivity index (χ0n) is 14.7. The molecular weight excluding hydrogens is 332 g/mol. The van der Waals surface area contributed by atoms with E-state index in [9.17, 15) is 9.59 Å². The molecule has 5 heteroatoms. The molecule has 0 aliphatic carbocycles. The zero-order chi connectivity index (χ0) is 18.6. The molecule has 1 aliphatic rings. The highest BCUT2D eigenvalue weighted by molar-refractivity contribution is 6.15. The van der Waals surface area contributed by atoms with E-state index in [1.807, 2.05) is 60.7 Å². The van der Waals surface area contributed by atoms with Crippen molar-refractivity contribution in [3.8, 4) is 0 Å². The molecule has 0 aromatic heterocycles. The third kappa shape index (κ3) is 4.37. The van der Waals surface area contributed by atoms with Gasteiger partial charge < -0.3 is 14.2 Å². The van der Waals surface area contributed by atoms with Crippen molar-refractivity contribution in [1.29, 1.82) is 0 Å². The van der Waals surface area contributed by atoms with E-state index in [2.05, 4.69) is 0 Å². The monoisotopic (exact) mass is 352 g/mol. The van der Waals surface area contributed by atoms with E-state index < -0.39 is 23.8 Å². The van der Waals surface area contributed by atoms with E-state index in [1.165, 1.54) is 19.9 Å². The number of hydrogen-bond donors (Lipinski definition) is 0. The average Bonchev–Trinajstić information content (AvgIpc) is 2.61. The maximum atomic E-state index is 12.2. The molecular formula is C21H20O5. The third-order valence-corrected chi connectivity index (χ3v) is 3.84. The largest absolute Gasteiger partial charge is 0.419 e. The molecule has 0 radical (unpaired) electrons. The molecule has 26 heavy (non-hydrogen) atoms. The Morgan fingerprint density at radius 3 is 2.04 bits per heavy atom. The van der Waals surface area contributed by atoms with Gasteiger partial charge in [-0.15, -0.1) is 0 Å². The van der Waals surface area contributed by atoms with Crippen LogP contribution in [0.1, 0.15) is 31.1 Å². The topological polar surface area (TPSA) is 61.8 Å². The fourth-order valence-electron chi connectivity index (χ4n) is 2.59. The molecule has 1 fully saturated rings. The number of benzene rings is 2. The second-order valence-electron chi connectivity index (χ2n) is 6.39. The Kier molecular flexibility index (Phi) is 5.19. The van der Waals surface area contributed by atoms with Gasteiger partial charge in [-0.3, -0.25) is 0 Å². The molecule has 2 aromatic rings. The Balaban J connectivity index is 1.86. The highest BCUT2D eigenvalue weighted by atomic mass is 16.7. The quantitative estimate of drug-likeness (QED) is 0.466. The summed E-state index contributed by atoms with van der Waals surface area (Å²) in [6.07, 6.45) is 0.866. The molecule has 1 saturated heterocycles. The minimum atomic E-state index is -1.27. The number of hydrogen-bond acceptors (Lipinski definition) is 5. The molecule has 1 atom stereocenters. The van der Waals surface area contributed by atoms with Gasteiger partial charge in [-0.05, 0) is 17.2 Å². The Morgan fingerprint density at radius 2 is 1.46 bits per heavy atom. The van der Waals surface area contributed by atoms with Crippen molar-refractivity contribution in [3.05, 3.63) is 83.4 Å². The van der Waals surface area contributed by atoms with Crippen LogP contribution in [0.3, 0.4) is 0 Å². The molecule has 0 N–H and O–H groups in total. The van der Waals surface area contributed by atoms with Crippen LogP contribution in [-0.4, -0.2) is 17.7 Å². The second kappa shape index (κ2) is 7.54. The van der Waals surface area contributed by atoms with E-state index >= 15 is 0 Å². The van der Waals surface area contributed by atoms with Gasteiger partial charge >= 0.3 is 11.9 Å². The lowest BCUT2D eigenvalue weighted by atomic mass is 10.1. The van der Waals surface area contributed by atoms with E-state index in [0.29, 0.717) is 6.61 Å². The van der Waals surface area contributed by atoms with Gasteiger partial charge in [-0.1, -0.05) is 60.7 Å². The maximum absolute atomic E-state index is 12.2. The minimum absolute atomic E-state index is 0.161. The summed E-state index contributed by atoms with van der Waals surface area (Å²) in [4.78, 5) is 24.4.